The van der Waals surface area contributed by atoms with Gasteiger partial charge in [0.25, 0.3) is 5.91 Å². The lowest BCUT2D eigenvalue weighted by atomic mass is 10.0. The molecule has 8 heteroatoms. The Hall–Kier alpha value is -2.48. The molecule has 1 amide bonds. The highest BCUT2D eigenvalue weighted by atomic mass is 16.5. The molecule has 2 aromatic rings. The maximum Gasteiger partial charge on any atom is 0.254 e. The largest absolute Gasteiger partial charge is 0.472 e. The van der Waals surface area contributed by atoms with Crippen molar-refractivity contribution in [2.45, 2.75) is 37.8 Å². The fourth-order valence-electron chi connectivity index (χ4n) is 3.32. The van der Waals surface area contributed by atoms with Crippen LogP contribution in [0.25, 0.3) is 0 Å². The maximum atomic E-state index is 13.0. The smallest absolute Gasteiger partial charge is 0.254 e. The van der Waals surface area contributed by atoms with Gasteiger partial charge in [-0.2, -0.15) is 4.98 Å². The van der Waals surface area contributed by atoms with Gasteiger partial charge in [0.15, 0.2) is 5.82 Å². The van der Waals surface area contributed by atoms with Crippen LogP contribution in [-0.2, 0) is 4.74 Å². The van der Waals surface area contributed by atoms with Crippen molar-refractivity contribution in [1.29, 1.82) is 0 Å². The van der Waals surface area contributed by atoms with Crippen LogP contribution in [0, 0.1) is 0 Å². The zero-order chi connectivity index (χ0) is 17.1. The molecule has 2 aliphatic rings. The predicted molar refractivity (Wildman–Crippen MR) is 86.0 cm³/mol. The number of rotatable bonds is 4. The molecule has 0 aliphatic carbocycles. The topological polar surface area (TPSA) is 90.6 Å². The highest BCUT2D eigenvalue weighted by Crippen LogP contribution is 2.30. The Morgan fingerprint density at radius 2 is 2.24 bits per heavy atom. The molecule has 2 aliphatic heterocycles. The first-order chi connectivity index (χ1) is 12.3. The Morgan fingerprint density at radius 3 is 3.04 bits per heavy atom. The van der Waals surface area contributed by atoms with Gasteiger partial charge < -0.3 is 18.9 Å². The molecule has 4 heterocycles. The van der Waals surface area contributed by atoms with Gasteiger partial charge in [-0.15, -0.1) is 0 Å². The van der Waals surface area contributed by atoms with Gasteiger partial charge in [-0.3, -0.25) is 4.79 Å². The average Bonchev–Trinajstić information content (AvgIpc) is 3.35. The highest BCUT2D eigenvalue weighted by molar-refractivity contribution is 5.94. The first kappa shape index (κ1) is 16.0. The number of pyridine rings is 1. The average molecular weight is 344 g/mol. The van der Waals surface area contributed by atoms with Crippen LogP contribution in [0.4, 0.5) is 0 Å². The van der Waals surface area contributed by atoms with Crippen LogP contribution in [0.15, 0.2) is 29.2 Å². The summed E-state index contributed by atoms with van der Waals surface area (Å²) in [4.78, 5) is 23.2. The molecule has 0 aromatic carbocycles. The molecule has 0 unspecified atom stereocenters. The summed E-state index contributed by atoms with van der Waals surface area (Å²) >= 11 is 0. The number of ether oxygens (including phenoxy) is 2. The number of likely N-dealkylation sites (tertiary alicyclic amines) is 1. The van der Waals surface area contributed by atoms with E-state index in [2.05, 4.69) is 15.1 Å². The number of aromatic nitrogens is 3. The minimum Gasteiger partial charge on any atom is -0.472 e. The van der Waals surface area contributed by atoms with Gasteiger partial charge in [-0.25, -0.2) is 4.98 Å². The molecule has 2 saturated heterocycles. The van der Waals surface area contributed by atoms with E-state index in [9.17, 15) is 4.79 Å². The minimum atomic E-state index is -0.152. The summed E-state index contributed by atoms with van der Waals surface area (Å²) in [6.45, 7) is 1.93. The summed E-state index contributed by atoms with van der Waals surface area (Å²) < 4.78 is 16.0. The molecule has 0 spiro atoms. The van der Waals surface area contributed by atoms with Crippen LogP contribution in [0.2, 0.25) is 0 Å². The Balaban J connectivity index is 1.52. The van der Waals surface area contributed by atoms with Crippen molar-refractivity contribution >= 4 is 5.91 Å². The second-order valence-corrected chi connectivity index (χ2v) is 6.29. The van der Waals surface area contributed by atoms with Crippen LogP contribution in [0.3, 0.4) is 0 Å². The van der Waals surface area contributed by atoms with Crippen molar-refractivity contribution in [2.24, 2.45) is 0 Å². The molecule has 0 N–H and O–H groups in total. The van der Waals surface area contributed by atoms with Crippen molar-refractivity contribution in [3.05, 3.63) is 36.1 Å². The first-order valence-corrected chi connectivity index (χ1v) is 8.59. The SMILES string of the molecule is O=C(c1ccnc(O[C@H]2CCOC2)c1)N1CCCC[C@@H]1c1ncon1. The Morgan fingerprint density at radius 1 is 1.28 bits per heavy atom. The first-order valence-electron chi connectivity index (χ1n) is 8.59. The quantitative estimate of drug-likeness (QED) is 0.838. The van der Waals surface area contributed by atoms with E-state index in [1.54, 1.807) is 18.3 Å². The second-order valence-electron chi connectivity index (χ2n) is 6.29. The van der Waals surface area contributed by atoms with E-state index >= 15 is 0 Å². The fraction of sp³-hybridized carbons (Fsp3) is 0.529. The van der Waals surface area contributed by atoms with E-state index in [4.69, 9.17) is 14.0 Å². The van der Waals surface area contributed by atoms with Crippen LogP contribution in [0.1, 0.15) is 47.9 Å². The predicted octanol–water partition coefficient (Wildman–Crippen LogP) is 2.00. The summed E-state index contributed by atoms with van der Waals surface area (Å²) in [7, 11) is 0. The molecule has 8 nitrogen and oxygen atoms in total. The number of carbonyl (C=O) groups is 1. The van der Waals surface area contributed by atoms with Crippen molar-refractivity contribution < 1.29 is 18.8 Å². The molecule has 0 bridgehead atoms. The molecule has 0 saturated carbocycles. The van der Waals surface area contributed by atoms with Gasteiger partial charge >= 0.3 is 0 Å². The van der Waals surface area contributed by atoms with Gasteiger partial charge in [0.1, 0.15) is 6.10 Å². The van der Waals surface area contributed by atoms with Crippen molar-refractivity contribution in [3.8, 4) is 5.88 Å². The van der Waals surface area contributed by atoms with E-state index in [0.717, 1.165) is 25.7 Å². The monoisotopic (exact) mass is 344 g/mol. The van der Waals surface area contributed by atoms with Gasteiger partial charge in [0.05, 0.1) is 19.3 Å². The Kier molecular flexibility index (Phi) is 4.60. The number of piperidine rings is 1. The van der Waals surface area contributed by atoms with E-state index in [1.165, 1.54) is 6.39 Å². The number of hydrogen-bond donors (Lipinski definition) is 0. The fourth-order valence-corrected chi connectivity index (χ4v) is 3.32. The van der Waals surface area contributed by atoms with E-state index in [-0.39, 0.29) is 18.1 Å². The highest BCUT2D eigenvalue weighted by Gasteiger charge is 2.31. The van der Waals surface area contributed by atoms with Gasteiger partial charge in [0.2, 0.25) is 12.3 Å². The molecule has 2 aromatic heterocycles. The number of carbonyl (C=O) groups excluding carboxylic acids is 1. The summed E-state index contributed by atoms with van der Waals surface area (Å²) in [6, 6.07) is 3.26. The molecule has 4 rings (SSSR count). The van der Waals surface area contributed by atoms with Gasteiger partial charge in [-0.1, -0.05) is 5.16 Å². The number of hydrogen-bond acceptors (Lipinski definition) is 7. The normalized spacial score (nSPS) is 23.6. The van der Waals surface area contributed by atoms with Gasteiger partial charge in [0, 0.05) is 30.8 Å². The third-order valence-corrected chi connectivity index (χ3v) is 4.60. The lowest BCUT2D eigenvalue weighted by Crippen LogP contribution is -2.39. The molecular weight excluding hydrogens is 324 g/mol. The number of amides is 1. The summed E-state index contributed by atoms with van der Waals surface area (Å²) in [6.07, 6.45) is 6.58. The van der Waals surface area contributed by atoms with Crippen LogP contribution in [0.5, 0.6) is 5.88 Å². The zero-order valence-electron chi connectivity index (χ0n) is 13.8. The second kappa shape index (κ2) is 7.18. The number of nitrogens with zero attached hydrogens (tertiary/aromatic N) is 4. The summed E-state index contributed by atoms with van der Waals surface area (Å²) in [5.74, 6) is 0.945. The third-order valence-electron chi connectivity index (χ3n) is 4.60. The lowest BCUT2D eigenvalue weighted by molar-refractivity contribution is 0.0595. The van der Waals surface area contributed by atoms with Crippen LogP contribution >= 0.6 is 0 Å². The van der Waals surface area contributed by atoms with Crippen molar-refractivity contribution in [2.75, 3.05) is 19.8 Å². The van der Waals surface area contributed by atoms with Crippen LogP contribution < -0.4 is 4.74 Å². The maximum absolute atomic E-state index is 13.0. The Bertz CT molecular complexity index is 715. The third kappa shape index (κ3) is 3.48. The van der Waals surface area contributed by atoms with Crippen molar-refractivity contribution in [1.82, 2.24) is 20.0 Å². The van der Waals surface area contributed by atoms with Crippen LogP contribution in [-0.4, -0.2) is 51.8 Å². The zero-order valence-corrected chi connectivity index (χ0v) is 13.8. The lowest BCUT2D eigenvalue weighted by Gasteiger charge is -2.33. The Labute approximate surface area is 145 Å². The van der Waals surface area contributed by atoms with Crippen molar-refractivity contribution in [3.63, 3.8) is 0 Å². The van der Waals surface area contributed by atoms with E-state index in [0.29, 0.717) is 37.0 Å². The molecule has 132 valence electrons. The molecule has 2 atom stereocenters. The standard InChI is InChI=1S/C17H20N4O4/c22-17(21-7-2-1-3-14(21)16-19-11-24-20-16)12-4-6-18-15(9-12)25-13-5-8-23-10-13/h4,6,9,11,13-14H,1-3,5,7-8,10H2/t13-,14+/m0/s1. The summed E-state index contributed by atoms with van der Waals surface area (Å²) in [5.41, 5.74) is 0.555. The molecule has 0 radical (unpaired) electrons. The van der Waals surface area contributed by atoms with E-state index < -0.39 is 0 Å². The molecular formula is C17H20N4O4. The van der Waals surface area contributed by atoms with E-state index in [1.807, 2.05) is 4.90 Å². The summed E-state index contributed by atoms with van der Waals surface area (Å²) in [5, 5.41) is 3.92. The molecule has 2 fully saturated rings. The molecule has 25 heavy (non-hydrogen) atoms. The minimum absolute atomic E-state index is 0.0000764. The van der Waals surface area contributed by atoms with Gasteiger partial charge in [-0.05, 0) is 25.3 Å².